The third-order valence-corrected chi connectivity index (χ3v) is 5.23. The van der Waals surface area contributed by atoms with Crippen molar-refractivity contribution in [2.45, 2.75) is 45.2 Å². The van der Waals surface area contributed by atoms with E-state index in [1.54, 1.807) is 0 Å². The number of nitrogens with zero attached hydrogens (tertiary/aromatic N) is 2. The second kappa shape index (κ2) is 6.20. The Balaban J connectivity index is 1.94. The molecule has 0 radical (unpaired) electrons. The van der Waals surface area contributed by atoms with Gasteiger partial charge in [0.15, 0.2) is 0 Å². The number of nitrogens with one attached hydrogen (secondary N) is 1. The van der Waals surface area contributed by atoms with E-state index >= 15 is 0 Å². The van der Waals surface area contributed by atoms with Gasteiger partial charge in [0.25, 0.3) is 0 Å². The van der Waals surface area contributed by atoms with Crippen molar-refractivity contribution in [2.75, 3.05) is 26.7 Å². The smallest absolute Gasteiger partial charge is 0.238 e. The Hall–Kier alpha value is -0.650. The van der Waals surface area contributed by atoms with Gasteiger partial charge in [-0.25, -0.2) is 5.84 Å². The van der Waals surface area contributed by atoms with E-state index in [1.807, 2.05) is 6.92 Å². The SMILES string of the molecule is CC(C(=O)NN)C(C)N1CCC2C(CCCN2C)C1. The minimum absolute atomic E-state index is 0.0529. The summed E-state index contributed by atoms with van der Waals surface area (Å²) < 4.78 is 0. The molecule has 2 fully saturated rings. The highest BCUT2D eigenvalue weighted by Gasteiger charge is 2.37. The Morgan fingerprint density at radius 3 is 2.74 bits per heavy atom. The molecular formula is C14H28N4O. The molecule has 0 aromatic rings. The van der Waals surface area contributed by atoms with Crippen molar-refractivity contribution in [3.05, 3.63) is 0 Å². The van der Waals surface area contributed by atoms with Crippen LogP contribution in [0.1, 0.15) is 33.1 Å². The second-order valence-electron chi connectivity index (χ2n) is 6.27. The van der Waals surface area contributed by atoms with Gasteiger partial charge in [-0.1, -0.05) is 6.92 Å². The Kier molecular flexibility index (Phi) is 4.81. The summed E-state index contributed by atoms with van der Waals surface area (Å²) in [5.41, 5.74) is 2.27. The fourth-order valence-corrected chi connectivity index (χ4v) is 3.72. The number of rotatable bonds is 3. The molecule has 0 aliphatic carbocycles. The van der Waals surface area contributed by atoms with Gasteiger partial charge in [-0.15, -0.1) is 0 Å². The highest BCUT2D eigenvalue weighted by atomic mass is 16.2. The molecule has 0 aromatic carbocycles. The summed E-state index contributed by atoms with van der Waals surface area (Å²) >= 11 is 0. The van der Waals surface area contributed by atoms with Crippen molar-refractivity contribution in [1.29, 1.82) is 0 Å². The summed E-state index contributed by atoms with van der Waals surface area (Å²) in [6.07, 6.45) is 3.86. The average Bonchev–Trinajstić information content (AvgIpc) is 2.44. The number of carbonyl (C=O) groups is 1. The minimum atomic E-state index is -0.0598. The molecule has 0 aromatic heterocycles. The fraction of sp³-hybridized carbons (Fsp3) is 0.929. The lowest BCUT2D eigenvalue weighted by atomic mass is 9.83. The van der Waals surface area contributed by atoms with Crippen LogP contribution in [0.15, 0.2) is 0 Å². The van der Waals surface area contributed by atoms with Crippen LogP contribution in [-0.2, 0) is 4.79 Å². The molecule has 4 unspecified atom stereocenters. The van der Waals surface area contributed by atoms with Gasteiger partial charge < -0.3 is 4.90 Å². The summed E-state index contributed by atoms with van der Waals surface area (Å²) in [6, 6.07) is 1.01. The van der Waals surface area contributed by atoms with Gasteiger partial charge in [-0.3, -0.25) is 15.1 Å². The summed E-state index contributed by atoms with van der Waals surface area (Å²) in [6.45, 7) is 7.56. The van der Waals surface area contributed by atoms with E-state index in [-0.39, 0.29) is 17.9 Å². The van der Waals surface area contributed by atoms with Crippen molar-refractivity contribution in [1.82, 2.24) is 15.2 Å². The first kappa shape index (κ1) is 14.8. The number of piperidine rings is 2. The molecule has 5 heteroatoms. The molecule has 2 heterocycles. The van der Waals surface area contributed by atoms with Crippen LogP contribution in [0.5, 0.6) is 0 Å². The molecule has 3 N–H and O–H groups in total. The number of hydrogen-bond acceptors (Lipinski definition) is 4. The number of amides is 1. The van der Waals surface area contributed by atoms with Crippen LogP contribution in [0.3, 0.4) is 0 Å². The molecule has 0 bridgehead atoms. The minimum Gasteiger partial charge on any atom is -0.303 e. The number of hydrogen-bond donors (Lipinski definition) is 2. The zero-order valence-corrected chi connectivity index (χ0v) is 12.4. The van der Waals surface area contributed by atoms with Gasteiger partial charge in [-0.2, -0.15) is 0 Å². The lowest BCUT2D eigenvalue weighted by Gasteiger charge is -2.48. The molecular weight excluding hydrogens is 240 g/mol. The fourth-order valence-electron chi connectivity index (χ4n) is 3.72. The quantitative estimate of drug-likeness (QED) is 0.442. The van der Waals surface area contributed by atoms with Gasteiger partial charge >= 0.3 is 0 Å². The van der Waals surface area contributed by atoms with Crippen LogP contribution < -0.4 is 11.3 Å². The number of likely N-dealkylation sites (tertiary alicyclic amines) is 2. The molecule has 0 spiro atoms. The van der Waals surface area contributed by atoms with Crippen molar-refractivity contribution in [3.8, 4) is 0 Å². The predicted molar refractivity (Wildman–Crippen MR) is 76.3 cm³/mol. The standard InChI is InChI=1S/C14H28N4O/c1-10(14(19)16-15)11(2)18-8-6-13-12(9-18)5-4-7-17(13)3/h10-13H,4-9,15H2,1-3H3,(H,16,19). The molecule has 2 aliphatic rings. The monoisotopic (exact) mass is 268 g/mol. The average molecular weight is 268 g/mol. The van der Waals surface area contributed by atoms with E-state index in [0.29, 0.717) is 0 Å². The summed E-state index contributed by atoms with van der Waals surface area (Å²) in [4.78, 5) is 16.7. The number of fused-ring (bicyclic) bond motifs is 1. The van der Waals surface area contributed by atoms with Gasteiger partial charge in [0.2, 0.25) is 5.91 Å². The van der Waals surface area contributed by atoms with Crippen LogP contribution in [0.2, 0.25) is 0 Å². The van der Waals surface area contributed by atoms with Crippen LogP contribution >= 0.6 is 0 Å². The van der Waals surface area contributed by atoms with Crippen LogP contribution in [-0.4, -0.2) is 54.5 Å². The maximum atomic E-state index is 11.7. The van der Waals surface area contributed by atoms with Crippen molar-refractivity contribution >= 4 is 5.91 Å². The van der Waals surface area contributed by atoms with Gasteiger partial charge in [0.1, 0.15) is 0 Å². The number of nitrogens with two attached hydrogens (primary N) is 1. The molecule has 5 nitrogen and oxygen atoms in total. The van der Waals surface area contributed by atoms with E-state index < -0.39 is 0 Å². The zero-order valence-electron chi connectivity index (χ0n) is 12.4. The van der Waals surface area contributed by atoms with Crippen LogP contribution in [0, 0.1) is 11.8 Å². The van der Waals surface area contributed by atoms with Crippen LogP contribution in [0.4, 0.5) is 0 Å². The molecule has 19 heavy (non-hydrogen) atoms. The second-order valence-corrected chi connectivity index (χ2v) is 6.27. The first-order valence-corrected chi connectivity index (χ1v) is 7.49. The highest BCUT2D eigenvalue weighted by Crippen LogP contribution is 2.31. The first-order chi connectivity index (χ1) is 9.04. The molecule has 2 aliphatic heterocycles. The van der Waals surface area contributed by atoms with Crippen molar-refractivity contribution in [2.24, 2.45) is 17.7 Å². The van der Waals surface area contributed by atoms with E-state index in [9.17, 15) is 4.79 Å². The maximum Gasteiger partial charge on any atom is 0.238 e. The molecule has 1 amide bonds. The van der Waals surface area contributed by atoms with E-state index in [4.69, 9.17) is 5.84 Å². The Morgan fingerprint density at radius 1 is 1.32 bits per heavy atom. The summed E-state index contributed by atoms with van der Waals surface area (Å²) in [5.74, 6) is 5.89. The molecule has 2 rings (SSSR count). The largest absolute Gasteiger partial charge is 0.303 e. The lowest BCUT2D eigenvalue weighted by molar-refractivity contribution is -0.127. The van der Waals surface area contributed by atoms with Gasteiger partial charge in [-0.05, 0) is 52.2 Å². The molecule has 110 valence electrons. The van der Waals surface area contributed by atoms with Gasteiger partial charge in [0, 0.05) is 18.6 Å². The molecule has 4 atom stereocenters. The molecule has 0 saturated carbocycles. The van der Waals surface area contributed by atoms with Crippen molar-refractivity contribution in [3.63, 3.8) is 0 Å². The van der Waals surface area contributed by atoms with Gasteiger partial charge in [0.05, 0.1) is 5.92 Å². The lowest BCUT2D eigenvalue weighted by Crippen LogP contribution is -2.56. The summed E-state index contributed by atoms with van der Waals surface area (Å²) in [5, 5.41) is 0. The maximum absolute atomic E-state index is 11.7. The number of hydrazine groups is 1. The third kappa shape index (κ3) is 3.09. The van der Waals surface area contributed by atoms with E-state index in [2.05, 4.69) is 29.2 Å². The highest BCUT2D eigenvalue weighted by molar-refractivity contribution is 5.78. The number of carbonyl (C=O) groups excluding carboxylic acids is 1. The molecule has 2 saturated heterocycles. The topological polar surface area (TPSA) is 61.6 Å². The van der Waals surface area contributed by atoms with Crippen molar-refractivity contribution < 1.29 is 4.79 Å². The van der Waals surface area contributed by atoms with E-state index in [1.165, 1.54) is 25.8 Å². The Morgan fingerprint density at radius 2 is 2.05 bits per heavy atom. The Bertz CT molecular complexity index is 323. The van der Waals surface area contributed by atoms with E-state index in [0.717, 1.165) is 25.0 Å². The Labute approximate surface area is 116 Å². The third-order valence-electron chi connectivity index (χ3n) is 5.23. The first-order valence-electron chi connectivity index (χ1n) is 7.49. The summed E-state index contributed by atoms with van der Waals surface area (Å²) in [7, 11) is 2.25. The van der Waals surface area contributed by atoms with Crippen LogP contribution in [0.25, 0.3) is 0 Å². The zero-order chi connectivity index (χ0) is 14.0. The normalized spacial score (nSPS) is 32.4. The predicted octanol–water partition coefficient (Wildman–Crippen LogP) is 0.417.